The second-order valence-electron chi connectivity index (χ2n) is 2.69. The first-order chi connectivity index (χ1) is 6.36. The zero-order valence-corrected chi connectivity index (χ0v) is 7.86. The third kappa shape index (κ3) is 3.20. The van der Waals surface area contributed by atoms with Crippen molar-refractivity contribution in [3.05, 3.63) is 12.4 Å². The van der Waals surface area contributed by atoms with Crippen molar-refractivity contribution in [3.63, 3.8) is 0 Å². The Hall–Kier alpha value is -1.43. The van der Waals surface area contributed by atoms with Gasteiger partial charge in [-0.1, -0.05) is 0 Å². The summed E-state index contributed by atoms with van der Waals surface area (Å²) >= 11 is 0. The zero-order valence-electron chi connectivity index (χ0n) is 7.86. The molecule has 3 heteroatoms. The normalized spacial score (nSPS) is 9.54. The van der Waals surface area contributed by atoms with Gasteiger partial charge in [0, 0.05) is 13.0 Å². The van der Waals surface area contributed by atoms with Crippen molar-refractivity contribution in [1.82, 2.24) is 9.78 Å². The van der Waals surface area contributed by atoms with Gasteiger partial charge in [0.05, 0.1) is 19.0 Å². The lowest BCUT2D eigenvalue weighted by Gasteiger charge is -1.99. The first-order valence-electron chi connectivity index (χ1n) is 4.45. The van der Waals surface area contributed by atoms with E-state index in [4.69, 9.17) is 11.2 Å². The molecule has 0 saturated heterocycles. The second kappa shape index (κ2) is 5.26. The van der Waals surface area contributed by atoms with Gasteiger partial charge in [-0.2, -0.15) is 5.10 Å². The molecule has 0 atom stereocenters. The van der Waals surface area contributed by atoms with Crippen LogP contribution < -0.4 is 4.74 Å². The van der Waals surface area contributed by atoms with Crippen LogP contribution in [0.2, 0.25) is 0 Å². The summed E-state index contributed by atoms with van der Waals surface area (Å²) in [5.74, 6) is 3.39. The van der Waals surface area contributed by atoms with Gasteiger partial charge in [-0.05, 0) is 13.3 Å². The number of rotatable bonds is 5. The molecule has 3 nitrogen and oxygen atoms in total. The Balaban J connectivity index is 2.25. The number of hydrogen-bond donors (Lipinski definition) is 0. The number of terminal acetylenes is 1. The molecule has 13 heavy (non-hydrogen) atoms. The van der Waals surface area contributed by atoms with Crippen LogP contribution in [-0.4, -0.2) is 16.4 Å². The van der Waals surface area contributed by atoms with Crippen LogP contribution in [0.5, 0.6) is 5.75 Å². The van der Waals surface area contributed by atoms with Crippen molar-refractivity contribution in [2.75, 3.05) is 6.61 Å². The molecule has 0 aliphatic carbocycles. The van der Waals surface area contributed by atoms with Gasteiger partial charge < -0.3 is 4.74 Å². The SMILES string of the molecule is C#CCCCOc1cnn(CC)c1. The Morgan fingerprint density at radius 3 is 3.15 bits per heavy atom. The van der Waals surface area contributed by atoms with Gasteiger partial charge in [0.1, 0.15) is 0 Å². The fraction of sp³-hybridized carbons (Fsp3) is 0.500. The summed E-state index contributed by atoms with van der Waals surface area (Å²) < 4.78 is 7.24. The minimum Gasteiger partial charge on any atom is -0.490 e. The summed E-state index contributed by atoms with van der Waals surface area (Å²) in [5.41, 5.74) is 0. The predicted molar refractivity (Wildman–Crippen MR) is 51.5 cm³/mol. The second-order valence-corrected chi connectivity index (χ2v) is 2.69. The smallest absolute Gasteiger partial charge is 0.157 e. The molecule has 1 aromatic rings. The Kier molecular flexibility index (Phi) is 3.90. The lowest BCUT2D eigenvalue weighted by molar-refractivity contribution is 0.312. The van der Waals surface area contributed by atoms with E-state index in [0.29, 0.717) is 6.61 Å². The largest absolute Gasteiger partial charge is 0.490 e. The summed E-state index contributed by atoms with van der Waals surface area (Å²) in [6, 6.07) is 0. The third-order valence-corrected chi connectivity index (χ3v) is 1.67. The molecule has 0 aromatic carbocycles. The van der Waals surface area contributed by atoms with E-state index in [0.717, 1.165) is 25.1 Å². The highest BCUT2D eigenvalue weighted by molar-refractivity contribution is 5.11. The van der Waals surface area contributed by atoms with E-state index in [2.05, 4.69) is 11.0 Å². The Labute approximate surface area is 78.7 Å². The van der Waals surface area contributed by atoms with Crippen LogP contribution in [0.4, 0.5) is 0 Å². The molecule has 0 saturated carbocycles. The summed E-state index contributed by atoms with van der Waals surface area (Å²) in [6.07, 6.45) is 10.4. The van der Waals surface area contributed by atoms with Crippen LogP contribution in [-0.2, 0) is 6.54 Å². The van der Waals surface area contributed by atoms with Crippen LogP contribution in [0.1, 0.15) is 19.8 Å². The van der Waals surface area contributed by atoms with Gasteiger partial charge in [-0.25, -0.2) is 0 Å². The molecule has 0 spiro atoms. The molecule has 1 rings (SSSR count). The van der Waals surface area contributed by atoms with Gasteiger partial charge in [0.2, 0.25) is 0 Å². The number of nitrogens with zero attached hydrogens (tertiary/aromatic N) is 2. The average molecular weight is 178 g/mol. The van der Waals surface area contributed by atoms with Gasteiger partial charge in [-0.15, -0.1) is 12.3 Å². The molecule has 0 bridgehead atoms. The van der Waals surface area contributed by atoms with Gasteiger partial charge >= 0.3 is 0 Å². The molecule has 1 aromatic heterocycles. The molecule has 0 radical (unpaired) electrons. The Morgan fingerprint density at radius 1 is 1.69 bits per heavy atom. The molecule has 0 aliphatic rings. The highest BCUT2D eigenvalue weighted by Gasteiger charge is 1.96. The first kappa shape index (κ1) is 9.66. The summed E-state index contributed by atoms with van der Waals surface area (Å²) in [7, 11) is 0. The van der Waals surface area contributed by atoms with E-state index in [1.54, 1.807) is 6.20 Å². The minimum absolute atomic E-state index is 0.666. The molecule has 0 amide bonds. The third-order valence-electron chi connectivity index (χ3n) is 1.67. The molecule has 1 heterocycles. The standard InChI is InChI=1S/C10H14N2O/c1-3-5-6-7-13-10-8-11-12(4-2)9-10/h1,8-9H,4-7H2,2H3. The maximum atomic E-state index is 5.41. The van der Waals surface area contributed by atoms with Crippen LogP contribution in [0.25, 0.3) is 0 Å². The van der Waals surface area contributed by atoms with Crippen molar-refractivity contribution in [2.45, 2.75) is 26.3 Å². The number of aromatic nitrogens is 2. The van der Waals surface area contributed by atoms with Crippen LogP contribution in [0.15, 0.2) is 12.4 Å². The first-order valence-corrected chi connectivity index (χ1v) is 4.45. The number of aryl methyl sites for hydroxylation is 1. The summed E-state index contributed by atoms with van der Waals surface area (Å²) in [6.45, 7) is 3.57. The van der Waals surface area contributed by atoms with Crippen molar-refractivity contribution in [2.24, 2.45) is 0 Å². The van der Waals surface area contributed by atoms with Crippen LogP contribution >= 0.6 is 0 Å². The molecule has 0 unspecified atom stereocenters. The van der Waals surface area contributed by atoms with Crippen molar-refractivity contribution >= 4 is 0 Å². The Morgan fingerprint density at radius 2 is 2.54 bits per heavy atom. The fourth-order valence-electron chi connectivity index (χ4n) is 0.956. The number of hydrogen-bond acceptors (Lipinski definition) is 2. The van der Waals surface area contributed by atoms with Crippen molar-refractivity contribution in [3.8, 4) is 18.1 Å². The molecular formula is C10H14N2O. The van der Waals surface area contributed by atoms with E-state index in [-0.39, 0.29) is 0 Å². The molecule has 70 valence electrons. The number of ether oxygens (including phenoxy) is 1. The Bertz CT molecular complexity index is 285. The van der Waals surface area contributed by atoms with E-state index in [9.17, 15) is 0 Å². The molecule has 0 fully saturated rings. The van der Waals surface area contributed by atoms with E-state index in [1.807, 2.05) is 17.8 Å². The lowest BCUT2D eigenvalue weighted by Crippen LogP contribution is -1.96. The predicted octanol–water partition coefficient (Wildman–Crippen LogP) is 1.70. The summed E-state index contributed by atoms with van der Waals surface area (Å²) in [4.78, 5) is 0. The van der Waals surface area contributed by atoms with Gasteiger partial charge in [-0.3, -0.25) is 4.68 Å². The molecule has 0 aliphatic heterocycles. The lowest BCUT2D eigenvalue weighted by atomic mass is 10.3. The van der Waals surface area contributed by atoms with E-state index in [1.165, 1.54) is 0 Å². The van der Waals surface area contributed by atoms with Gasteiger partial charge in [0.25, 0.3) is 0 Å². The minimum atomic E-state index is 0.666. The topological polar surface area (TPSA) is 27.1 Å². The van der Waals surface area contributed by atoms with Crippen molar-refractivity contribution < 1.29 is 4.74 Å². The molecule has 0 N–H and O–H groups in total. The maximum Gasteiger partial charge on any atom is 0.157 e. The maximum absolute atomic E-state index is 5.41. The van der Waals surface area contributed by atoms with E-state index >= 15 is 0 Å². The van der Waals surface area contributed by atoms with E-state index < -0.39 is 0 Å². The fourth-order valence-corrected chi connectivity index (χ4v) is 0.956. The quantitative estimate of drug-likeness (QED) is 0.507. The highest BCUT2D eigenvalue weighted by atomic mass is 16.5. The van der Waals surface area contributed by atoms with Crippen LogP contribution in [0.3, 0.4) is 0 Å². The molecular weight excluding hydrogens is 164 g/mol. The highest BCUT2D eigenvalue weighted by Crippen LogP contribution is 2.08. The average Bonchev–Trinajstić information content (AvgIpc) is 2.60. The van der Waals surface area contributed by atoms with Crippen molar-refractivity contribution in [1.29, 1.82) is 0 Å². The van der Waals surface area contributed by atoms with Gasteiger partial charge in [0.15, 0.2) is 5.75 Å². The summed E-state index contributed by atoms with van der Waals surface area (Å²) in [5, 5.41) is 4.08. The van der Waals surface area contributed by atoms with Crippen LogP contribution in [0, 0.1) is 12.3 Å². The zero-order chi connectivity index (χ0) is 9.52. The number of unbranched alkanes of at least 4 members (excludes halogenated alkanes) is 1. The monoisotopic (exact) mass is 178 g/mol.